The Morgan fingerprint density at radius 1 is 1.16 bits per heavy atom. The molecular weight excluding hydrogens is 267 g/mol. The van der Waals surface area contributed by atoms with Gasteiger partial charge in [0.15, 0.2) is 0 Å². The predicted molar refractivity (Wildman–Crippen MR) is 70.0 cm³/mol. The number of piperazine rings is 1. The first kappa shape index (κ1) is 13.0. The summed E-state index contributed by atoms with van der Waals surface area (Å²) in [7, 11) is -3.44. The van der Waals surface area contributed by atoms with Crippen molar-refractivity contribution in [3.8, 4) is 0 Å². The van der Waals surface area contributed by atoms with Crippen LogP contribution < -0.4 is 0 Å². The predicted octanol–water partition coefficient (Wildman–Crippen LogP) is 1.23. The fraction of sp³-hybridized carbons (Fsp3) is 0.538. The minimum atomic E-state index is -3.44. The third kappa shape index (κ3) is 2.28. The van der Waals surface area contributed by atoms with E-state index in [1.807, 2.05) is 0 Å². The molecule has 0 amide bonds. The molecule has 2 bridgehead atoms. The fourth-order valence-electron chi connectivity index (χ4n) is 2.88. The van der Waals surface area contributed by atoms with E-state index in [2.05, 4.69) is 4.90 Å². The normalized spacial score (nSPS) is 27.6. The average Bonchev–Trinajstić information content (AvgIpc) is 2.79. The zero-order valence-electron chi connectivity index (χ0n) is 10.6. The van der Waals surface area contributed by atoms with E-state index in [-0.39, 0.29) is 10.9 Å². The van der Waals surface area contributed by atoms with Crippen LogP contribution in [0.5, 0.6) is 0 Å². The Labute approximate surface area is 112 Å². The van der Waals surface area contributed by atoms with Crippen LogP contribution in [0.15, 0.2) is 29.2 Å². The number of alkyl halides is 1. The van der Waals surface area contributed by atoms with Crippen LogP contribution in [-0.2, 0) is 16.7 Å². The van der Waals surface area contributed by atoms with Crippen molar-refractivity contribution in [3.63, 3.8) is 0 Å². The van der Waals surface area contributed by atoms with Gasteiger partial charge in [-0.3, -0.25) is 0 Å². The van der Waals surface area contributed by atoms with Crippen molar-refractivity contribution in [2.24, 2.45) is 0 Å². The lowest BCUT2D eigenvalue weighted by Crippen LogP contribution is -2.49. The van der Waals surface area contributed by atoms with Crippen LogP contribution in [0.1, 0.15) is 12.0 Å². The van der Waals surface area contributed by atoms with Crippen molar-refractivity contribution in [1.29, 1.82) is 0 Å². The van der Waals surface area contributed by atoms with Crippen LogP contribution in [0.2, 0.25) is 0 Å². The smallest absolute Gasteiger partial charge is 0.243 e. The van der Waals surface area contributed by atoms with Crippen LogP contribution >= 0.6 is 0 Å². The average molecular weight is 284 g/mol. The van der Waals surface area contributed by atoms with E-state index in [0.29, 0.717) is 12.1 Å². The summed E-state index contributed by atoms with van der Waals surface area (Å²) in [4.78, 5) is 2.56. The molecular formula is C13H17FN2O2S. The van der Waals surface area contributed by atoms with Gasteiger partial charge in [-0.2, -0.15) is 4.31 Å². The molecule has 2 heterocycles. The van der Waals surface area contributed by atoms with Crippen molar-refractivity contribution in [3.05, 3.63) is 29.8 Å². The van der Waals surface area contributed by atoms with Crippen molar-refractivity contribution in [1.82, 2.24) is 9.21 Å². The molecule has 2 atom stereocenters. The fourth-order valence-corrected chi connectivity index (χ4v) is 4.51. The van der Waals surface area contributed by atoms with E-state index < -0.39 is 16.7 Å². The lowest BCUT2D eigenvalue weighted by Gasteiger charge is -2.33. The minimum Gasteiger partial charge on any atom is -0.300 e. The van der Waals surface area contributed by atoms with Gasteiger partial charge in [-0.25, -0.2) is 12.8 Å². The number of nitrogens with zero attached hydrogens (tertiary/aromatic N) is 2. The van der Waals surface area contributed by atoms with Crippen molar-refractivity contribution in [2.45, 2.75) is 24.0 Å². The zero-order chi connectivity index (χ0) is 13.5. The minimum absolute atomic E-state index is 0.0969. The summed E-state index contributed by atoms with van der Waals surface area (Å²) in [5.74, 6) is 0. The molecule has 0 radical (unpaired) electrons. The summed E-state index contributed by atoms with van der Waals surface area (Å²) in [6, 6.07) is 6.19. The second kappa shape index (κ2) is 4.85. The summed E-state index contributed by atoms with van der Waals surface area (Å²) < 4.78 is 39.3. The molecule has 2 aliphatic heterocycles. The first-order valence-electron chi connectivity index (χ1n) is 6.50. The van der Waals surface area contributed by atoms with Gasteiger partial charge in [0.05, 0.1) is 4.90 Å². The van der Waals surface area contributed by atoms with Crippen molar-refractivity contribution >= 4 is 10.0 Å². The molecule has 0 spiro atoms. The monoisotopic (exact) mass is 284 g/mol. The van der Waals surface area contributed by atoms with Crippen LogP contribution in [0.25, 0.3) is 0 Å². The molecule has 104 valence electrons. The Hall–Kier alpha value is -0.980. The number of rotatable bonds is 3. The molecule has 0 aliphatic carbocycles. The lowest BCUT2D eigenvalue weighted by molar-refractivity contribution is 0.213. The Balaban J connectivity index is 1.88. The highest BCUT2D eigenvalue weighted by atomic mass is 32.2. The van der Waals surface area contributed by atoms with Gasteiger partial charge in [0.1, 0.15) is 6.67 Å². The lowest BCUT2D eigenvalue weighted by atomic mass is 10.2. The van der Waals surface area contributed by atoms with Crippen LogP contribution in [-0.4, -0.2) is 49.8 Å². The summed E-state index contributed by atoms with van der Waals surface area (Å²) in [6.45, 7) is 2.61. The molecule has 0 N–H and O–H groups in total. The number of benzene rings is 1. The molecule has 0 saturated carbocycles. The van der Waals surface area contributed by atoms with Gasteiger partial charge in [0.25, 0.3) is 0 Å². The van der Waals surface area contributed by atoms with E-state index in [1.54, 1.807) is 4.31 Å². The van der Waals surface area contributed by atoms with Gasteiger partial charge in [-0.1, -0.05) is 12.1 Å². The third-order valence-corrected chi connectivity index (χ3v) is 5.94. The molecule has 4 nitrogen and oxygen atoms in total. The maximum absolute atomic E-state index is 12.6. The molecule has 0 aromatic heterocycles. The summed E-state index contributed by atoms with van der Waals surface area (Å²) >= 11 is 0. The zero-order valence-corrected chi connectivity index (χ0v) is 11.4. The molecule has 2 fully saturated rings. The van der Waals surface area contributed by atoms with E-state index in [0.717, 1.165) is 26.1 Å². The van der Waals surface area contributed by atoms with E-state index >= 15 is 0 Å². The quantitative estimate of drug-likeness (QED) is 0.838. The number of fused-ring (bicyclic) bond motifs is 2. The number of halogens is 1. The van der Waals surface area contributed by atoms with E-state index in [4.69, 9.17) is 0 Å². The first-order valence-corrected chi connectivity index (χ1v) is 7.94. The molecule has 2 unspecified atom stereocenters. The molecule has 2 saturated heterocycles. The Morgan fingerprint density at radius 3 is 2.58 bits per heavy atom. The summed E-state index contributed by atoms with van der Waals surface area (Å²) in [6.07, 6.45) is 0.905. The van der Waals surface area contributed by atoms with Gasteiger partial charge in [0, 0.05) is 25.7 Å². The maximum atomic E-state index is 12.6. The van der Waals surface area contributed by atoms with Gasteiger partial charge in [0.2, 0.25) is 10.0 Å². The number of hydrogen-bond donors (Lipinski definition) is 0. The van der Waals surface area contributed by atoms with Crippen molar-refractivity contribution < 1.29 is 12.8 Å². The molecule has 19 heavy (non-hydrogen) atoms. The Morgan fingerprint density at radius 2 is 1.89 bits per heavy atom. The van der Waals surface area contributed by atoms with Gasteiger partial charge < -0.3 is 4.90 Å². The summed E-state index contributed by atoms with van der Waals surface area (Å²) in [5, 5.41) is 0. The highest BCUT2D eigenvalue weighted by Crippen LogP contribution is 2.27. The molecule has 2 aliphatic rings. The van der Waals surface area contributed by atoms with Gasteiger partial charge in [-0.15, -0.1) is 0 Å². The second-order valence-corrected chi connectivity index (χ2v) is 7.03. The van der Waals surface area contributed by atoms with Crippen LogP contribution in [0.3, 0.4) is 0 Å². The number of hydrogen-bond acceptors (Lipinski definition) is 3. The SMILES string of the molecule is O=S(=O)(c1ccc(CF)cc1)N1CCN2CCC1C2. The molecule has 3 rings (SSSR count). The second-order valence-electron chi connectivity index (χ2n) is 5.14. The van der Waals surface area contributed by atoms with Gasteiger partial charge in [-0.05, 0) is 30.7 Å². The first-order chi connectivity index (χ1) is 9.11. The third-order valence-electron chi connectivity index (χ3n) is 3.98. The topological polar surface area (TPSA) is 40.6 Å². The van der Waals surface area contributed by atoms with E-state index in [1.165, 1.54) is 24.3 Å². The molecule has 1 aromatic carbocycles. The molecule has 1 aromatic rings. The standard InChI is InChI=1S/C13H17FN2O2S/c14-9-11-1-3-13(4-2-11)19(17,18)16-8-7-15-6-5-12(16)10-15/h1-4,12H,5-10H2. The Kier molecular flexibility index (Phi) is 3.32. The highest BCUT2D eigenvalue weighted by Gasteiger charge is 2.39. The maximum Gasteiger partial charge on any atom is 0.243 e. The number of sulfonamides is 1. The van der Waals surface area contributed by atoms with Crippen molar-refractivity contribution in [2.75, 3.05) is 26.2 Å². The molecule has 6 heteroatoms. The Bertz CT molecular complexity index is 559. The highest BCUT2D eigenvalue weighted by molar-refractivity contribution is 7.89. The van der Waals surface area contributed by atoms with E-state index in [9.17, 15) is 12.8 Å². The largest absolute Gasteiger partial charge is 0.300 e. The van der Waals surface area contributed by atoms with Crippen LogP contribution in [0.4, 0.5) is 4.39 Å². The van der Waals surface area contributed by atoms with Gasteiger partial charge >= 0.3 is 0 Å². The summed E-state index contributed by atoms with van der Waals surface area (Å²) in [5.41, 5.74) is 0.504. The van der Waals surface area contributed by atoms with Crippen LogP contribution in [0, 0.1) is 0 Å².